The summed E-state index contributed by atoms with van der Waals surface area (Å²) in [6.45, 7) is 3.41. The highest BCUT2D eigenvalue weighted by molar-refractivity contribution is 5.54. The van der Waals surface area contributed by atoms with Crippen molar-refractivity contribution in [2.45, 2.75) is 45.0 Å². The molecule has 0 saturated heterocycles. The van der Waals surface area contributed by atoms with Gasteiger partial charge in [0.25, 0.3) is 0 Å². The van der Waals surface area contributed by atoms with Crippen molar-refractivity contribution in [1.82, 2.24) is 0 Å². The normalized spacial score (nSPS) is 16.6. The van der Waals surface area contributed by atoms with E-state index in [9.17, 15) is 20.4 Å². The van der Waals surface area contributed by atoms with E-state index >= 15 is 0 Å². The van der Waals surface area contributed by atoms with Crippen molar-refractivity contribution in [2.24, 2.45) is 0 Å². The summed E-state index contributed by atoms with van der Waals surface area (Å²) < 4.78 is 0. The minimum atomic E-state index is -1.65. The fourth-order valence-electron chi connectivity index (χ4n) is 2.16. The molecule has 0 aliphatic rings. The molecule has 1 rings (SSSR count). The molecule has 0 heterocycles. The Morgan fingerprint density at radius 1 is 1.10 bits per heavy atom. The second kappa shape index (κ2) is 8.14. The number of aliphatic hydroxyl groups excluding tert-OH is 5. The molecule has 5 heteroatoms. The average molecular weight is 296 g/mol. The Morgan fingerprint density at radius 3 is 2.24 bits per heavy atom. The molecule has 0 radical (unpaired) electrons. The van der Waals surface area contributed by atoms with Crippen LogP contribution in [0.2, 0.25) is 0 Å². The van der Waals surface area contributed by atoms with Crippen molar-refractivity contribution >= 4 is 6.08 Å². The highest BCUT2D eigenvalue weighted by atomic mass is 16.4. The molecular weight excluding hydrogens is 272 g/mol. The topological polar surface area (TPSA) is 101 Å². The Bertz CT molecular complexity index is 484. The van der Waals surface area contributed by atoms with Crippen LogP contribution >= 0.6 is 0 Å². The van der Waals surface area contributed by atoms with Gasteiger partial charge in [0, 0.05) is 0 Å². The Balaban J connectivity index is 2.96. The molecule has 5 nitrogen and oxygen atoms in total. The van der Waals surface area contributed by atoms with Gasteiger partial charge in [0.2, 0.25) is 0 Å². The zero-order chi connectivity index (χ0) is 16.0. The van der Waals surface area contributed by atoms with E-state index < -0.39 is 30.7 Å². The average Bonchev–Trinajstić information content (AvgIpc) is 2.52. The fourth-order valence-corrected chi connectivity index (χ4v) is 2.16. The summed E-state index contributed by atoms with van der Waals surface area (Å²) >= 11 is 0. The molecule has 0 aliphatic carbocycles. The van der Waals surface area contributed by atoms with Crippen LogP contribution in [0.4, 0.5) is 0 Å². The molecule has 5 N–H and O–H groups in total. The van der Waals surface area contributed by atoms with Crippen molar-refractivity contribution < 1.29 is 25.5 Å². The molecule has 0 amide bonds. The lowest BCUT2D eigenvalue weighted by Gasteiger charge is -2.21. The van der Waals surface area contributed by atoms with Gasteiger partial charge >= 0.3 is 0 Å². The maximum absolute atomic E-state index is 9.83. The van der Waals surface area contributed by atoms with E-state index in [-0.39, 0.29) is 0 Å². The first-order chi connectivity index (χ1) is 9.94. The van der Waals surface area contributed by atoms with Crippen LogP contribution in [0.5, 0.6) is 0 Å². The lowest BCUT2D eigenvalue weighted by molar-refractivity contribution is -0.0735. The third-order valence-electron chi connectivity index (χ3n) is 3.51. The second-order valence-electron chi connectivity index (χ2n) is 4.99. The first-order valence-corrected chi connectivity index (χ1v) is 7.11. The molecular formula is C16H24O5. The number of aliphatic hydroxyl groups is 5. The molecule has 0 spiro atoms. The number of hydrogen-bond donors (Lipinski definition) is 5. The van der Waals surface area contributed by atoms with Crippen molar-refractivity contribution in [2.75, 3.05) is 6.61 Å². The molecule has 3 atom stereocenters. The van der Waals surface area contributed by atoms with E-state index in [0.717, 1.165) is 18.4 Å². The quantitative estimate of drug-likeness (QED) is 0.479. The number of rotatable bonds is 7. The zero-order valence-electron chi connectivity index (χ0n) is 12.4. The fraction of sp³-hybridized carbons (Fsp3) is 0.500. The number of hydrogen-bond acceptors (Lipinski definition) is 5. The Kier molecular flexibility index (Phi) is 6.84. The molecule has 21 heavy (non-hydrogen) atoms. The van der Waals surface area contributed by atoms with Gasteiger partial charge in [-0.3, -0.25) is 0 Å². The van der Waals surface area contributed by atoms with Gasteiger partial charge in [-0.05, 0) is 35.6 Å². The summed E-state index contributed by atoms with van der Waals surface area (Å²) in [6.07, 6.45) is -1.68. The molecule has 0 fully saturated rings. The minimum Gasteiger partial charge on any atom is -0.509 e. The first kappa shape index (κ1) is 17.7. The summed E-state index contributed by atoms with van der Waals surface area (Å²) in [5.41, 5.74) is 3.08. The summed E-state index contributed by atoms with van der Waals surface area (Å²) in [7, 11) is 0. The standard InChI is InChI=1S/C16H24O5/c1-3-11-6-5-10(7-12(11)4-2)8-13(18)15(20)16(21)14(19)9-17/h5-8,14-21H,3-4,9H2,1-2H3/t14-,15+,16+/m1/s1. The van der Waals surface area contributed by atoms with Gasteiger partial charge in [-0.15, -0.1) is 0 Å². The van der Waals surface area contributed by atoms with Crippen molar-refractivity contribution in [3.05, 3.63) is 40.6 Å². The van der Waals surface area contributed by atoms with Crippen LogP contribution in [0.25, 0.3) is 6.08 Å². The molecule has 0 unspecified atom stereocenters. The van der Waals surface area contributed by atoms with Gasteiger partial charge in [0.1, 0.15) is 24.1 Å². The lowest BCUT2D eigenvalue weighted by atomic mass is 9.98. The second-order valence-corrected chi connectivity index (χ2v) is 4.99. The van der Waals surface area contributed by atoms with Gasteiger partial charge in [0.05, 0.1) is 6.61 Å². The molecule has 0 aromatic heterocycles. The van der Waals surface area contributed by atoms with E-state index in [1.165, 1.54) is 11.6 Å². The van der Waals surface area contributed by atoms with E-state index in [4.69, 9.17) is 5.11 Å². The van der Waals surface area contributed by atoms with Gasteiger partial charge in [-0.25, -0.2) is 0 Å². The third kappa shape index (κ3) is 4.54. The lowest BCUT2D eigenvalue weighted by Crippen LogP contribution is -2.40. The van der Waals surface area contributed by atoms with Gasteiger partial charge < -0.3 is 25.5 Å². The monoisotopic (exact) mass is 296 g/mol. The summed E-state index contributed by atoms with van der Waals surface area (Å²) in [4.78, 5) is 0. The molecule has 0 saturated carbocycles. The molecule has 0 bridgehead atoms. The Hall–Kier alpha value is -1.40. The predicted molar refractivity (Wildman–Crippen MR) is 80.9 cm³/mol. The molecule has 0 aliphatic heterocycles. The van der Waals surface area contributed by atoms with Gasteiger partial charge in [-0.2, -0.15) is 0 Å². The highest BCUT2D eigenvalue weighted by Crippen LogP contribution is 2.17. The number of aryl methyl sites for hydroxylation is 2. The SMILES string of the molecule is CCc1ccc(C=C(O)[C@H](O)[C@@H](O)[C@H](O)CO)cc1CC. The van der Waals surface area contributed by atoms with E-state index in [1.54, 1.807) is 0 Å². The van der Waals surface area contributed by atoms with Crippen LogP contribution in [0.15, 0.2) is 24.0 Å². The number of benzene rings is 1. The zero-order valence-corrected chi connectivity index (χ0v) is 12.4. The maximum Gasteiger partial charge on any atom is 0.139 e. The van der Waals surface area contributed by atoms with E-state index in [2.05, 4.69) is 6.92 Å². The van der Waals surface area contributed by atoms with Crippen LogP contribution in [-0.2, 0) is 12.8 Å². The maximum atomic E-state index is 9.83. The van der Waals surface area contributed by atoms with E-state index in [1.807, 2.05) is 25.1 Å². The summed E-state index contributed by atoms with van der Waals surface area (Å²) in [5, 5.41) is 47.1. The smallest absolute Gasteiger partial charge is 0.139 e. The first-order valence-electron chi connectivity index (χ1n) is 7.11. The van der Waals surface area contributed by atoms with Crippen LogP contribution in [0, 0.1) is 0 Å². The summed E-state index contributed by atoms with van der Waals surface area (Å²) in [5.74, 6) is -0.457. The largest absolute Gasteiger partial charge is 0.509 e. The van der Waals surface area contributed by atoms with Gasteiger partial charge in [-0.1, -0.05) is 32.0 Å². The van der Waals surface area contributed by atoms with Crippen LogP contribution in [0.3, 0.4) is 0 Å². The minimum absolute atomic E-state index is 0.457. The third-order valence-corrected chi connectivity index (χ3v) is 3.51. The summed E-state index contributed by atoms with van der Waals surface area (Å²) in [6, 6.07) is 5.69. The van der Waals surface area contributed by atoms with Crippen LogP contribution in [0.1, 0.15) is 30.5 Å². The van der Waals surface area contributed by atoms with Crippen molar-refractivity contribution in [3.8, 4) is 0 Å². The Labute approximate surface area is 124 Å². The van der Waals surface area contributed by atoms with Crippen LogP contribution in [-0.4, -0.2) is 50.5 Å². The molecule has 1 aromatic carbocycles. The van der Waals surface area contributed by atoms with Crippen LogP contribution < -0.4 is 0 Å². The molecule has 1 aromatic rings. The van der Waals surface area contributed by atoms with E-state index in [0.29, 0.717) is 5.56 Å². The van der Waals surface area contributed by atoms with Gasteiger partial charge in [0.15, 0.2) is 0 Å². The molecule has 118 valence electrons. The Morgan fingerprint density at radius 2 is 1.71 bits per heavy atom. The van der Waals surface area contributed by atoms with Crippen molar-refractivity contribution in [3.63, 3.8) is 0 Å². The highest BCUT2D eigenvalue weighted by Gasteiger charge is 2.27. The predicted octanol–water partition coefficient (Wildman–Crippen LogP) is 0.785. The van der Waals surface area contributed by atoms with Crippen molar-refractivity contribution in [1.29, 1.82) is 0 Å².